The molecule has 38 heavy (non-hydrogen) atoms. The van der Waals surface area contributed by atoms with E-state index in [1.54, 1.807) is 24.3 Å². The summed E-state index contributed by atoms with van der Waals surface area (Å²) in [5.41, 5.74) is 0.482. The van der Waals surface area contributed by atoms with Crippen molar-refractivity contribution in [1.82, 2.24) is 4.90 Å². The molecule has 2 aromatic carbocycles. The molecular formula is C27H35NO10. The van der Waals surface area contributed by atoms with Crippen LogP contribution in [-0.4, -0.2) is 95.8 Å². The number of aliphatic hydroxyl groups is 1. The second-order valence-electron chi connectivity index (χ2n) is 8.09. The first-order valence-electron chi connectivity index (χ1n) is 11.8. The van der Waals surface area contributed by atoms with E-state index < -0.39 is 17.5 Å². The summed E-state index contributed by atoms with van der Waals surface area (Å²) in [6.45, 7) is 1.15. The summed E-state index contributed by atoms with van der Waals surface area (Å²) in [7, 11) is 5.85. The number of hydrogen-bond donors (Lipinski definition) is 1. The largest absolute Gasteiger partial charge is 0.497 e. The summed E-state index contributed by atoms with van der Waals surface area (Å²) in [5.74, 6) is -0.621. The first-order chi connectivity index (χ1) is 18.3. The monoisotopic (exact) mass is 533 g/mol. The molecule has 0 saturated carbocycles. The van der Waals surface area contributed by atoms with Crippen LogP contribution in [0.1, 0.15) is 38.8 Å². The molecule has 0 radical (unpaired) electrons. The quantitative estimate of drug-likeness (QED) is 0.238. The highest BCUT2D eigenvalue weighted by molar-refractivity contribution is 6.15. The Kier molecular flexibility index (Phi) is 12.7. The van der Waals surface area contributed by atoms with Crippen LogP contribution in [0.2, 0.25) is 0 Å². The molecule has 0 aromatic heterocycles. The van der Waals surface area contributed by atoms with Crippen molar-refractivity contribution in [3.63, 3.8) is 0 Å². The molecule has 0 aliphatic heterocycles. The lowest BCUT2D eigenvalue weighted by atomic mass is 9.89. The first kappa shape index (κ1) is 30.7. The minimum atomic E-state index is -0.479. The molecule has 11 nitrogen and oxygen atoms in total. The van der Waals surface area contributed by atoms with Gasteiger partial charge in [-0.1, -0.05) is 0 Å². The fraction of sp³-hybridized carbons (Fsp3) is 0.444. The molecule has 11 heteroatoms. The Balaban J connectivity index is 2.78. The van der Waals surface area contributed by atoms with E-state index in [1.165, 1.54) is 46.3 Å². The summed E-state index contributed by atoms with van der Waals surface area (Å²) < 4.78 is 31.7. The number of rotatable bonds is 17. The van der Waals surface area contributed by atoms with E-state index >= 15 is 0 Å². The molecule has 0 heterocycles. The van der Waals surface area contributed by atoms with Crippen molar-refractivity contribution in [2.75, 3.05) is 68.3 Å². The topological polar surface area (TPSA) is 130 Å². The molecule has 1 amide bonds. The molecular weight excluding hydrogens is 498 g/mol. The van der Waals surface area contributed by atoms with Crippen molar-refractivity contribution in [2.24, 2.45) is 0 Å². The predicted molar refractivity (Wildman–Crippen MR) is 137 cm³/mol. The van der Waals surface area contributed by atoms with Crippen molar-refractivity contribution in [2.45, 2.75) is 13.3 Å². The van der Waals surface area contributed by atoms with E-state index in [1.807, 2.05) is 0 Å². The third kappa shape index (κ3) is 7.99. The Morgan fingerprint density at radius 1 is 0.842 bits per heavy atom. The number of benzene rings is 2. The number of methoxy groups -OCH3 is 4. The fourth-order valence-electron chi connectivity index (χ4n) is 3.80. The van der Waals surface area contributed by atoms with Gasteiger partial charge in [0, 0.05) is 46.0 Å². The minimum Gasteiger partial charge on any atom is -0.497 e. The van der Waals surface area contributed by atoms with Gasteiger partial charge in [-0.25, -0.2) is 0 Å². The van der Waals surface area contributed by atoms with Crippen molar-refractivity contribution in [3.05, 3.63) is 52.6 Å². The molecule has 0 bridgehead atoms. The SMILES string of the molecule is COCCN(CCO)C(=O)Cc1c(C(C)=O)c(OCOC)cc(OCOC)c1C(=O)c1ccc(OC)cc1. The van der Waals surface area contributed by atoms with E-state index in [4.69, 9.17) is 28.4 Å². The smallest absolute Gasteiger partial charge is 0.227 e. The average Bonchev–Trinajstić information content (AvgIpc) is 2.92. The third-order valence-corrected chi connectivity index (χ3v) is 5.57. The molecule has 2 rings (SSSR count). The number of hydrogen-bond acceptors (Lipinski definition) is 10. The lowest BCUT2D eigenvalue weighted by molar-refractivity contribution is -0.131. The van der Waals surface area contributed by atoms with E-state index in [-0.39, 0.29) is 80.1 Å². The highest BCUT2D eigenvalue weighted by Gasteiger charge is 2.30. The zero-order valence-electron chi connectivity index (χ0n) is 22.4. The van der Waals surface area contributed by atoms with Crippen LogP contribution in [-0.2, 0) is 25.4 Å². The summed E-state index contributed by atoms with van der Waals surface area (Å²) >= 11 is 0. The van der Waals surface area contributed by atoms with Crippen molar-refractivity contribution in [3.8, 4) is 17.2 Å². The molecule has 1 N–H and O–H groups in total. The van der Waals surface area contributed by atoms with Crippen molar-refractivity contribution in [1.29, 1.82) is 0 Å². The molecule has 208 valence electrons. The number of ether oxygens (including phenoxy) is 6. The second kappa shape index (κ2) is 15.7. The summed E-state index contributed by atoms with van der Waals surface area (Å²) in [5, 5.41) is 9.49. The van der Waals surface area contributed by atoms with Crippen LogP contribution in [0.25, 0.3) is 0 Å². The van der Waals surface area contributed by atoms with E-state index in [9.17, 15) is 19.5 Å². The van der Waals surface area contributed by atoms with Crippen LogP contribution in [0.5, 0.6) is 17.2 Å². The number of Topliss-reactive ketones (excluding diaryl/α,β-unsaturated/α-hetero) is 1. The molecule has 0 unspecified atom stereocenters. The summed E-state index contributed by atoms with van der Waals surface area (Å²) in [4.78, 5) is 41.6. The van der Waals surface area contributed by atoms with Crippen LogP contribution in [0.3, 0.4) is 0 Å². The van der Waals surface area contributed by atoms with Crippen molar-refractivity contribution >= 4 is 17.5 Å². The van der Waals surface area contributed by atoms with Crippen LogP contribution in [0.4, 0.5) is 0 Å². The lowest BCUT2D eigenvalue weighted by Crippen LogP contribution is -2.37. The van der Waals surface area contributed by atoms with E-state index in [2.05, 4.69) is 0 Å². The minimum absolute atomic E-state index is 0.0197. The van der Waals surface area contributed by atoms with Gasteiger partial charge in [-0.05, 0) is 36.8 Å². The molecule has 0 aliphatic rings. The van der Waals surface area contributed by atoms with Gasteiger partial charge in [0.2, 0.25) is 5.91 Å². The van der Waals surface area contributed by atoms with Gasteiger partial charge in [-0.3, -0.25) is 14.4 Å². The van der Waals surface area contributed by atoms with Crippen LogP contribution in [0.15, 0.2) is 30.3 Å². The maximum absolute atomic E-state index is 13.9. The van der Waals surface area contributed by atoms with Gasteiger partial charge in [-0.2, -0.15) is 0 Å². The Labute approximate surface area is 222 Å². The van der Waals surface area contributed by atoms with Gasteiger partial charge in [0.05, 0.1) is 37.9 Å². The zero-order chi connectivity index (χ0) is 28.1. The van der Waals surface area contributed by atoms with Gasteiger partial charge in [0.15, 0.2) is 25.2 Å². The Bertz CT molecular complexity index is 1080. The highest BCUT2D eigenvalue weighted by atomic mass is 16.7. The van der Waals surface area contributed by atoms with Gasteiger partial charge >= 0.3 is 0 Å². The normalized spacial score (nSPS) is 10.7. The van der Waals surface area contributed by atoms with Crippen LogP contribution < -0.4 is 14.2 Å². The van der Waals surface area contributed by atoms with E-state index in [0.29, 0.717) is 5.75 Å². The average molecular weight is 534 g/mol. The number of ketones is 2. The second-order valence-corrected chi connectivity index (χ2v) is 8.09. The molecule has 2 aromatic rings. The van der Waals surface area contributed by atoms with Crippen molar-refractivity contribution < 1.29 is 47.9 Å². The lowest BCUT2D eigenvalue weighted by Gasteiger charge is -2.24. The Morgan fingerprint density at radius 3 is 1.95 bits per heavy atom. The zero-order valence-corrected chi connectivity index (χ0v) is 22.4. The first-order valence-corrected chi connectivity index (χ1v) is 11.8. The van der Waals surface area contributed by atoms with Gasteiger partial charge in [0.1, 0.15) is 17.2 Å². The highest BCUT2D eigenvalue weighted by Crippen LogP contribution is 2.37. The third-order valence-electron chi connectivity index (χ3n) is 5.57. The van der Waals surface area contributed by atoms with E-state index in [0.717, 1.165) is 0 Å². The van der Waals surface area contributed by atoms with Crippen LogP contribution >= 0.6 is 0 Å². The summed E-state index contributed by atoms with van der Waals surface area (Å²) in [6.07, 6.45) is -0.344. The van der Waals surface area contributed by atoms with Crippen LogP contribution in [0, 0.1) is 0 Å². The predicted octanol–water partition coefficient (Wildman–Crippen LogP) is 2.10. The number of nitrogens with zero attached hydrogens (tertiary/aromatic N) is 1. The molecule has 0 saturated heterocycles. The molecule has 0 atom stereocenters. The van der Waals surface area contributed by atoms with Gasteiger partial charge in [0.25, 0.3) is 0 Å². The number of aliphatic hydroxyl groups excluding tert-OH is 1. The molecule has 0 aliphatic carbocycles. The fourth-order valence-corrected chi connectivity index (χ4v) is 3.80. The molecule has 0 fully saturated rings. The Hall–Kier alpha value is -3.51. The van der Waals surface area contributed by atoms with Gasteiger partial charge < -0.3 is 38.4 Å². The maximum Gasteiger partial charge on any atom is 0.227 e. The molecule has 0 spiro atoms. The standard InChI is InChI=1S/C27H35NO10/c1-18(30)25-21(14-24(31)28(10-12-29)11-13-33-2)26(27(32)19-6-8-20(36-5)9-7-19)23(38-17-35-4)15-22(25)37-16-34-3/h6-9,15,29H,10-14,16-17H2,1-5H3. The summed E-state index contributed by atoms with van der Waals surface area (Å²) in [6, 6.07) is 7.82. The number of carbonyl (C=O) groups excluding carboxylic acids is 3. The van der Waals surface area contributed by atoms with Gasteiger partial charge in [-0.15, -0.1) is 0 Å². The maximum atomic E-state index is 13.9. The number of carbonyl (C=O) groups is 3. The Morgan fingerprint density at radius 2 is 1.45 bits per heavy atom. The number of amides is 1.